The molecule has 93 valence electrons. The van der Waals surface area contributed by atoms with Crippen LogP contribution < -0.4 is 0 Å². The monoisotopic (exact) mass is 223 g/mol. The van der Waals surface area contributed by atoms with E-state index in [2.05, 4.69) is 37.3 Å². The Kier molecular flexibility index (Phi) is 7.92. The zero-order valence-corrected chi connectivity index (χ0v) is 10.9. The average Bonchev–Trinajstić information content (AvgIpc) is 2.34. The van der Waals surface area contributed by atoms with Gasteiger partial charge < -0.3 is 5.48 Å². The van der Waals surface area contributed by atoms with Gasteiger partial charge in [-0.2, -0.15) is 0 Å². The van der Waals surface area contributed by atoms with Crippen LogP contribution in [0.15, 0.2) is 30.3 Å². The van der Waals surface area contributed by atoms with E-state index in [1.807, 2.05) is 13.8 Å². The summed E-state index contributed by atoms with van der Waals surface area (Å²) in [6.45, 7) is 6.38. The highest BCUT2D eigenvalue weighted by Gasteiger charge is 2.18. The molecule has 2 rings (SSSR count). The van der Waals surface area contributed by atoms with Crippen LogP contribution in [0.25, 0.3) is 0 Å². The van der Waals surface area contributed by atoms with Gasteiger partial charge >= 0.3 is 0 Å². The van der Waals surface area contributed by atoms with E-state index in [1.165, 1.54) is 25.7 Å². The molecule has 1 radical (unpaired) electrons. The first-order chi connectivity index (χ1) is 7.36. The van der Waals surface area contributed by atoms with Crippen molar-refractivity contribution in [3.8, 4) is 0 Å². The lowest BCUT2D eigenvalue weighted by atomic mass is 9.79. The normalized spacial score (nSPS) is 23.7. The zero-order chi connectivity index (χ0) is 11.1. The van der Waals surface area contributed by atoms with Crippen molar-refractivity contribution >= 4 is 0 Å². The Balaban J connectivity index is 0. The van der Waals surface area contributed by atoms with Crippen molar-refractivity contribution in [3.05, 3.63) is 35.9 Å². The summed E-state index contributed by atoms with van der Waals surface area (Å²) in [5.41, 5.74) is 1.55. The number of hydrogen-bond donors (Lipinski definition) is 0. The van der Waals surface area contributed by atoms with Gasteiger partial charge in [0.2, 0.25) is 0 Å². The molecule has 0 saturated heterocycles. The van der Waals surface area contributed by atoms with Gasteiger partial charge in [0, 0.05) is 1.43 Å². The third kappa shape index (κ3) is 4.36. The molecule has 1 fully saturated rings. The minimum absolute atomic E-state index is 0. The molecule has 0 aromatic heterocycles. The van der Waals surface area contributed by atoms with Gasteiger partial charge in [-0.15, -0.1) is 0 Å². The fourth-order valence-electron chi connectivity index (χ4n) is 2.32. The maximum atomic E-state index is 2.38. The third-order valence-corrected chi connectivity index (χ3v) is 3.29. The molecule has 0 amide bonds. The molecular formula is C15H27O. The summed E-state index contributed by atoms with van der Waals surface area (Å²) in [6, 6.07) is 11.0. The highest BCUT2D eigenvalue weighted by molar-refractivity contribution is 5.19. The Morgan fingerprint density at radius 3 is 1.94 bits per heavy atom. The van der Waals surface area contributed by atoms with Gasteiger partial charge in [0.25, 0.3) is 0 Å². The molecule has 16 heavy (non-hydrogen) atoms. The van der Waals surface area contributed by atoms with Crippen LogP contribution >= 0.6 is 0 Å². The molecule has 2 N–H and O–H groups in total. The predicted octanol–water partition coefficient (Wildman–Crippen LogP) is 4.29. The molecule has 0 aliphatic heterocycles. The smallest absolute Gasteiger partial charge is 0 e. The molecule has 0 atom stereocenters. The summed E-state index contributed by atoms with van der Waals surface area (Å²) in [7, 11) is 0. The Hall–Kier alpha value is -0.820. The van der Waals surface area contributed by atoms with E-state index in [9.17, 15) is 0 Å². The van der Waals surface area contributed by atoms with Crippen molar-refractivity contribution < 1.29 is 6.90 Å². The van der Waals surface area contributed by atoms with Crippen LogP contribution in [0, 0.1) is 5.92 Å². The van der Waals surface area contributed by atoms with E-state index in [0.717, 1.165) is 11.8 Å². The van der Waals surface area contributed by atoms with E-state index >= 15 is 0 Å². The number of rotatable bonds is 1. The molecule has 1 nitrogen and oxygen atoms in total. The van der Waals surface area contributed by atoms with Crippen LogP contribution in [0.2, 0.25) is 0 Å². The molecule has 1 aliphatic rings. The summed E-state index contributed by atoms with van der Waals surface area (Å²) in [4.78, 5) is 0. The molecule has 0 spiro atoms. The first-order valence-corrected chi connectivity index (χ1v) is 6.41. The molecule has 0 heterocycles. The Bertz CT molecular complexity index is 253. The van der Waals surface area contributed by atoms with Crippen LogP contribution in [-0.4, -0.2) is 5.48 Å². The summed E-state index contributed by atoms with van der Waals surface area (Å²) in [5.74, 6) is 1.80. The summed E-state index contributed by atoms with van der Waals surface area (Å²) in [5, 5.41) is 0. The quantitative estimate of drug-likeness (QED) is 0.680. The standard InChI is InChI=1S/C13H18.C2H6.H2O.H/c1-11-7-9-13(10-8-11)12-5-3-2-4-6-12;1-2;;/h2-6,11,13H,7-10H2,1H3;1-2H3;1H2;. The second-order valence-corrected chi connectivity index (χ2v) is 4.37. The Morgan fingerprint density at radius 1 is 0.938 bits per heavy atom. The average molecular weight is 223 g/mol. The van der Waals surface area contributed by atoms with Gasteiger partial charge in [-0.25, -0.2) is 0 Å². The highest BCUT2D eigenvalue weighted by Crippen LogP contribution is 2.35. The number of hydrogen-bond acceptors (Lipinski definition) is 0. The van der Waals surface area contributed by atoms with E-state index in [4.69, 9.17) is 0 Å². The van der Waals surface area contributed by atoms with Gasteiger partial charge in [0.15, 0.2) is 0 Å². The van der Waals surface area contributed by atoms with Crippen LogP contribution in [0.3, 0.4) is 0 Å². The van der Waals surface area contributed by atoms with Gasteiger partial charge in [0.05, 0.1) is 0 Å². The molecule has 1 aromatic carbocycles. The lowest BCUT2D eigenvalue weighted by Crippen LogP contribution is -2.10. The minimum Gasteiger partial charge on any atom is -0.412 e. The number of benzene rings is 1. The summed E-state index contributed by atoms with van der Waals surface area (Å²) in [6.07, 6.45) is 5.62. The molecule has 0 bridgehead atoms. The van der Waals surface area contributed by atoms with Crippen molar-refractivity contribution in [2.45, 2.75) is 52.4 Å². The first-order valence-electron chi connectivity index (χ1n) is 6.41. The van der Waals surface area contributed by atoms with E-state index in [1.54, 1.807) is 5.56 Å². The lowest BCUT2D eigenvalue weighted by molar-refractivity contribution is 0.348. The topological polar surface area (TPSA) is 31.5 Å². The predicted molar refractivity (Wildman–Crippen MR) is 72.9 cm³/mol. The van der Waals surface area contributed by atoms with E-state index in [0.29, 0.717) is 0 Å². The van der Waals surface area contributed by atoms with Crippen LogP contribution in [0.4, 0.5) is 0 Å². The largest absolute Gasteiger partial charge is 0.412 e. The van der Waals surface area contributed by atoms with E-state index < -0.39 is 0 Å². The fourth-order valence-corrected chi connectivity index (χ4v) is 2.32. The molecule has 1 heteroatoms. The third-order valence-electron chi connectivity index (χ3n) is 3.29. The minimum atomic E-state index is 0. The molecule has 1 aromatic rings. The van der Waals surface area contributed by atoms with Crippen LogP contribution in [0.1, 0.15) is 59.4 Å². The maximum absolute atomic E-state index is 2.38. The summed E-state index contributed by atoms with van der Waals surface area (Å²) < 4.78 is 0. The first kappa shape index (κ1) is 15.2. The zero-order valence-electron chi connectivity index (χ0n) is 11.9. The van der Waals surface area contributed by atoms with Gasteiger partial charge in [-0.05, 0) is 30.2 Å². The van der Waals surface area contributed by atoms with Crippen LogP contribution in [-0.2, 0) is 0 Å². The van der Waals surface area contributed by atoms with Gasteiger partial charge in [0.1, 0.15) is 0 Å². The molecule has 1 saturated carbocycles. The highest BCUT2D eigenvalue weighted by atomic mass is 16.0. The van der Waals surface area contributed by atoms with Crippen LogP contribution in [0.5, 0.6) is 0 Å². The lowest BCUT2D eigenvalue weighted by Gasteiger charge is -2.26. The molecule has 0 unspecified atom stereocenters. The van der Waals surface area contributed by atoms with Gasteiger partial charge in [-0.1, -0.05) is 63.9 Å². The summed E-state index contributed by atoms with van der Waals surface area (Å²) >= 11 is 0. The van der Waals surface area contributed by atoms with Crippen molar-refractivity contribution in [2.24, 2.45) is 5.92 Å². The van der Waals surface area contributed by atoms with E-state index in [-0.39, 0.29) is 6.90 Å². The van der Waals surface area contributed by atoms with Gasteiger partial charge in [-0.3, -0.25) is 0 Å². The maximum Gasteiger partial charge on any atom is 0 e. The second kappa shape index (κ2) is 8.35. The van der Waals surface area contributed by atoms with Crippen molar-refractivity contribution in [1.29, 1.82) is 0 Å². The Labute approximate surface area is 102 Å². The van der Waals surface area contributed by atoms with Crippen molar-refractivity contribution in [2.75, 3.05) is 0 Å². The SMILES string of the molecule is CC.CC1CCC(c2ccccc2)CC1.O.[H]. The molecule has 1 aliphatic carbocycles. The second-order valence-electron chi connectivity index (χ2n) is 4.37. The van der Waals surface area contributed by atoms with Crippen molar-refractivity contribution in [3.63, 3.8) is 0 Å². The Morgan fingerprint density at radius 2 is 1.44 bits per heavy atom. The molecular weight excluding hydrogens is 196 g/mol. The van der Waals surface area contributed by atoms with Crippen molar-refractivity contribution in [1.82, 2.24) is 0 Å². The fraction of sp³-hybridized carbons (Fsp3) is 0.600.